The first kappa shape index (κ1) is 25.7. The Hall–Kier alpha value is -0.333. The average molecular weight is 423 g/mol. The molecule has 0 aromatic heterocycles. The van der Waals surface area contributed by atoms with Gasteiger partial charge in [-0.1, -0.05) is 97.4 Å². The standard InChI is InChI=1S/C25H47OPSi/c1-22(2,3)16-17(23(4,5)6)20-19(26-28(13,14)15)18(24(7,8)9)21(27-20)25(10,11)12/h16,21H,1-15H3/b17-16-. The maximum absolute atomic E-state index is 6.90. The molecule has 0 saturated carbocycles. The van der Waals surface area contributed by atoms with Crippen molar-refractivity contribution in [3.8, 4) is 0 Å². The lowest BCUT2D eigenvalue weighted by atomic mass is 9.73. The second-order valence-electron chi connectivity index (χ2n) is 13.6. The highest BCUT2D eigenvalue weighted by Gasteiger charge is 2.44. The Balaban J connectivity index is 3.92. The van der Waals surface area contributed by atoms with Crippen LogP contribution in [0.2, 0.25) is 19.6 Å². The van der Waals surface area contributed by atoms with E-state index in [1.165, 1.54) is 30.4 Å². The van der Waals surface area contributed by atoms with Crippen LogP contribution in [0, 0.1) is 21.7 Å². The molecule has 0 saturated heterocycles. The molecule has 0 spiro atoms. The van der Waals surface area contributed by atoms with E-state index in [1.807, 2.05) is 0 Å². The molecule has 0 aromatic carbocycles. The van der Waals surface area contributed by atoms with Crippen LogP contribution in [0.4, 0.5) is 0 Å². The Morgan fingerprint density at radius 3 is 1.61 bits per heavy atom. The number of allylic oxidation sites excluding steroid dienone is 3. The Kier molecular flexibility index (Phi) is 7.10. The fourth-order valence-electron chi connectivity index (χ4n) is 3.56. The van der Waals surface area contributed by atoms with Gasteiger partial charge in [-0.3, -0.25) is 0 Å². The van der Waals surface area contributed by atoms with Crippen molar-refractivity contribution in [3.05, 3.63) is 23.0 Å². The van der Waals surface area contributed by atoms with Gasteiger partial charge < -0.3 is 4.43 Å². The van der Waals surface area contributed by atoms with E-state index < -0.39 is 8.32 Å². The van der Waals surface area contributed by atoms with Crippen LogP contribution in [0.3, 0.4) is 0 Å². The van der Waals surface area contributed by atoms with E-state index in [0.29, 0.717) is 5.66 Å². The Bertz CT molecular complexity index is 675. The molecule has 0 amide bonds. The first-order valence-corrected chi connectivity index (χ1v) is 15.2. The van der Waals surface area contributed by atoms with E-state index in [9.17, 15) is 0 Å². The zero-order valence-corrected chi connectivity index (χ0v) is 23.4. The van der Waals surface area contributed by atoms with Gasteiger partial charge in [0.15, 0.2) is 0 Å². The Morgan fingerprint density at radius 2 is 1.32 bits per heavy atom. The van der Waals surface area contributed by atoms with E-state index in [2.05, 4.69) is 109 Å². The van der Waals surface area contributed by atoms with Crippen molar-refractivity contribution >= 4 is 21.8 Å². The zero-order valence-electron chi connectivity index (χ0n) is 21.5. The minimum atomic E-state index is -1.75. The summed E-state index contributed by atoms with van der Waals surface area (Å²) in [7, 11) is -0.336. The second-order valence-corrected chi connectivity index (χ2v) is 19.3. The third kappa shape index (κ3) is 6.87. The topological polar surface area (TPSA) is 9.23 Å². The van der Waals surface area contributed by atoms with Crippen molar-refractivity contribution in [1.29, 1.82) is 0 Å². The molecule has 1 aliphatic rings. The van der Waals surface area contributed by atoms with Crippen molar-refractivity contribution in [2.45, 2.75) is 108 Å². The van der Waals surface area contributed by atoms with Gasteiger partial charge in [0.05, 0.1) is 0 Å². The predicted octanol–water partition coefficient (Wildman–Crippen LogP) is 8.70. The monoisotopic (exact) mass is 422 g/mol. The van der Waals surface area contributed by atoms with Gasteiger partial charge in [0, 0.05) is 11.0 Å². The minimum absolute atomic E-state index is 0.0828. The maximum Gasteiger partial charge on any atom is 0.242 e. The highest BCUT2D eigenvalue weighted by atomic mass is 31.1. The SMILES string of the molecule is CC(C)(C)/C=C(/C1=PC(C(C)(C)C)C(C(C)(C)C)=C1O[Si](C)(C)C)C(C)(C)C. The third-order valence-electron chi connectivity index (χ3n) is 4.67. The molecule has 1 atom stereocenters. The molecule has 0 aromatic rings. The first-order chi connectivity index (χ1) is 12.0. The summed E-state index contributed by atoms with van der Waals surface area (Å²) < 4.78 is 6.90. The summed E-state index contributed by atoms with van der Waals surface area (Å²) in [5, 5.41) is 1.44. The van der Waals surface area contributed by atoms with E-state index in [4.69, 9.17) is 4.43 Å². The summed E-state index contributed by atoms with van der Waals surface area (Å²) in [6.45, 7) is 35.1. The summed E-state index contributed by atoms with van der Waals surface area (Å²) in [4.78, 5) is 0. The van der Waals surface area contributed by atoms with Crippen LogP contribution in [0.15, 0.2) is 23.0 Å². The van der Waals surface area contributed by atoms with Gasteiger partial charge in [-0.05, 0) is 52.4 Å². The second kappa shape index (κ2) is 7.73. The van der Waals surface area contributed by atoms with Gasteiger partial charge in [0.1, 0.15) is 5.76 Å². The van der Waals surface area contributed by atoms with Crippen LogP contribution in [0.5, 0.6) is 0 Å². The first-order valence-electron chi connectivity index (χ1n) is 10.8. The molecule has 1 unspecified atom stereocenters. The van der Waals surface area contributed by atoms with E-state index in [-0.39, 0.29) is 21.7 Å². The molecule has 0 N–H and O–H groups in total. The summed E-state index contributed by atoms with van der Waals surface area (Å²) >= 11 is 0. The van der Waals surface area contributed by atoms with E-state index in [0.717, 1.165) is 0 Å². The molecule has 1 heterocycles. The number of rotatable bonds is 3. The van der Waals surface area contributed by atoms with Gasteiger partial charge >= 0.3 is 0 Å². The summed E-state index contributed by atoms with van der Waals surface area (Å²) in [6, 6.07) is 0. The smallest absolute Gasteiger partial charge is 0.242 e. The van der Waals surface area contributed by atoms with Crippen LogP contribution >= 0.6 is 8.20 Å². The molecule has 1 nitrogen and oxygen atoms in total. The van der Waals surface area contributed by atoms with Crippen molar-refractivity contribution in [2.75, 3.05) is 0 Å². The summed E-state index contributed by atoms with van der Waals surface area (Å²) in [6.07, 6.45) is 2.49. The van der Waals surface area contributed by atoms with E-state index in [1.54, 1.807) is 0 Å². The largest absolute Gasteiger partial charge is 0.544 e. The van der Waals surface area contributed by atoms with E-state index >= 15 is 0 Å². The van der Waals surface area contributed by atoms with Crippen molar-refractivity contribution in [3.63, 3.8) is 0 Å². The minimum Gasteiger partial charge on any atom is -0.544 e. The van der Waals surface area contributed by atoms with Crippen molar-refractivity contribution in [2.24, 2.45) is 21.7 Å². The zero-order chi connectivity index (χ0) is 22.5. The van der Waals surface area contributed by atoms with Crippen LogP contribution in [0.25, 0.3) is 0 Å². The molecule has 0 fully saturated rings. The normalized spacial score (nSPS) is 21.2. The molecule has 0 radical (unpaired) electrons. The lowest BCUT2D eigenvalue weighted by Crippen LogP contribution is -2.33. The molecule has 1 rings (SSSR count). The molecule has 0 bridgehead atoms. The summed E-state index contributed by atoms with van der Waals surface area (Å²) in [5.74, 6) is 1.22. The highest BCUT2D eigenvalue weighted by Crippen LogP contribution is 2.53. The molecule has 3 heteroatoms. The fraction of sp³-hybridized carbons (Fsp3) is 0.800. The quantitative estimate of drug-likeness (QED) is 0.326. The number of hydrogen-bond donors (Lipinski definition) is 0. The average Bonchev–Trinajstić information content (AvgIpc) is 2.69. The lowest BCUT2D eigenvalue weighted by Gasteiger charge is -2.36. The number of hydrogen-bond acceptors (Lipinski definition) is 1. The summed E-state index contributed by atoms with van der Waals surface area (Å²) in [5.41, 5.74) is 3.97. The molecule has 1 aliphatic heterocycles. The lowest BCUT2D eigenvalue weighted by molar-refractivity contribution is 0.345. The van der Waals surface area contributed by atoms with Gasteiger partial charge in [-0.15, -0.1) is 0 Å². The third-order valence-corrected chi connectivity index (χ3v) is 7.48. The molecule has 162 valence electrons. The maximum atomic E-state index is 6.90. The van der Waals surface area contributed by atoms with Crippen LogP contribution < -0.4 is 0 Å². The molecule has 28 heavy (non-hydrogen) atoms. The molecular weight excluding hydrogens is 375 g/mol. The Labute approximate surface area is 179 Å². The van der Waals surface area contributed by atoms with Gasteiger partial charge in [-0.25, -0.2) is 0 Å². The van der Waals surface area contributed by atoms with Crippen LogP contribution in [0.1, 0.15) is 83.1 Å². The van der Waals surface area contributed by atoms with Crippen molar-refractivity contribution < 1.29 is 4.43 Å². The molecule has 0 aliphatic carbocycles. The fourth-order valence-corrected chi connectivity index (χ4v) is 6.57. The van der Waals surface area contributed by atoms with Gasteiger partial charge in [0.2, 0.25) is 8.32 Å². The van der Waals surface area contributed by atoms with Gasteiger partial charge in [-0.2, -0.15) is 0 Å². The Morgan fingerprint density at radius 1 is 0.857 bits per heavy atom. The highest BCUT2D eigenvalue weighted by molar-refractivity contribution is 7.44. The predicted molar refractivity (Wildman–Crippen MR) is 133 cm³/mol. The molecular formula is C25H47OPSi. The van der Waals surface area contributed by atoms with Crippen molar-refractivity contribution in [1.82, 2.24) is 0 Å². The van der Waals surface area contributed by atoms with Gasteiger partial charge in [0.25, 0.3) is 0 Å². The van der Waals surface area contributed by atoms with Crippen LogP contribution in [-0.2, 0) is 4.43 Å². The van der Waals surface area contributed by atoms with Crippen LogP contribution in [-0.4, -0.2) is 19.3 Å².